The lowest BCUT2D eigenvalue weighted by atomic mass is 10.1. The number of para-hydroxylation sites is 1. The van der Waals surface area contributed by atoms with Gasteiger partial charge in [0.2, 0.25) is 0 Å². The second kappa shape index (κ2) is 4.55. The molecule has 3 nitrogen and oxygen atoms in total. The molecular formula is C13H9ClO3. The quantitative estimate of drug-likeness (QED) is 0.477. The van der Waals surface area contributed by atoms with Crippen molar-refractivity contribution in [3.8, 4) is 0 Å². The van der Waals surface area contributed by atoms with E-state index in [2.05, 4.69) is 6.58 Å². The summed E-state index contributed by atoms with van der Waals surface area (Å²) in [7, 11) is 0. The maximum Gasteiger partial charge on any atom is 0.348 e. The van der Waals surface area contributed by atoms with Crippen LogP contribution < -0.4 is 5.63 Å². The summed E-state index contributed by atoms with van der Waals surface area (Å²) in [6.07, 6.45) is 2.68. The minimum Gasteiger partial charge on any atom is -0.422 e. The normalized spacial score (nSPS) is 10.4. The first kappa shape index (κ1) is 11.6. The fourth-order valence-electron chi connectivity index (χ4n) is 1.68. The molecule has 1 heterocycles. The topological polar surface area (TPSA) is 47.3 Å². The van der Waals surface area contributed by atoms with Crippen molar-refractivity contribution in [2.75, 3.05) is 0 Å². The van der Waals surface area contributed by atoms with Crippen LogP contribution in [0.25, 0.3) is 11.0 Å². The van der Waals surface area contributed by atoms with Crippen LogP contribution in [0.1, 0.15) is 15.9 Å². The highest BCUT2D eigenvalue weighted by molar-refractivity contribution is 6.37. The molecule has 0 aliphatic rings. The van der Waals surface area contributed by atoms with Gasteiger partial charge in [-0.2, -0.15) is 0 Å². The van der Waals surface area contributed by atoms with E-state index >= 15 is 0 Å². The second-order valence-corrected chi connectivity index (χ2v) is 3.90. The largest absolute Gasteiger partial charge is 0.422 e. The minimum absolute atomic E-state index is 0.136. The Balaban J connectivity index is 2.90. The van der Waals surface area contributed by atoms with E-state index < -0.39 is 5.63 Å². The van der Waals surface area contributed by atoms with Crippen molar-refractivity contribution in [1.82, 2.24) is 0 Å². The molecule has 0 radical (unpaired) electrons. The van der Waals surface area contributed by atoms with Gasteiger partial charge in [-0.3, -0.25) is 4.79 Å². The Labute approximate surface area is 102 Å². The van der Waals surface area contributed by atoms with Gasteiger partial charge < -0.3 is 4.42 Å². The van der Waals surface area contributed by atoms with Crippen LogP contribution in [-0.4, -0.2) is 6.29 Å². The Hall–Kier alpha value is -1.87. The van der Waals surface area contributed by atoms with E-state index in [4.69, 9.17) is 16.0 Å². The molecule has 0 fully saturated rings. The molecule has 0 saturated carbocycles. The first-order valence-electron chi connectivity index (χ1n) is 4.99. The molecule has 4 heteroatoms. The predicted molar refractivity (Wildman–Crippen MR) is 66.8 cm³/mol. The van der Waals surface area contributed by atoms with Gasteiger partial charge in [-0.1, -0.05) is 29.8 Å². The molecule has 2 aromatic rings. The van der Waals surface area contributed by atoms with E-state index in [0.717, 1.165) is 5.56 Å². The third-order valence-corrected chi connectivity index (χ3v) is 2.87. The Kier molecular flexibility index (Phi) is 3.11. The lowest BCUT2D eigenvalue weighted by Crippen LogP contribution is -2.08. The molecule has 0 saturated heterocycles. The SMILES string of the molecule is C=CCc1cccc2c(Cl)c(C=O)c(=O)oc12. The third kappa shape index (κ3) is 1.89. The number of carbonyl (C=O) groups is 1. The first-order chi connectivity index (χ1) is 8.19. The molecule has 0 spiro atoms. The van der Waals surface area contributed by atoms with Gasteiger partial charge in [0.25, 0.3) is 0 Å². The fourth-order valence-corrected chi connectivity index (χ4v) is 1.95. The molecule has 86 valence electrons. The Morgan fingerprint density at radius 3 is 2.82 bits per heavy atom. The standard InChI is InChI=1S/C13H9ClO3/c1-2-4-8-5-3-6-9-11(14)10(7-15)13(16)17-12(8)9/h2-3,5-7H,1,4H2. The van der Waals surface area contributed by atoms with E-state index in [1.54, 1.807) is 18.2 Å². The molecule has 0 aliphatic carbocycles. The van der Waals surface area contributed by atoms with Crippen molar-refractivity contribution in [2.24, 2.45) is 0 Å². The Bertz CT molecular complexity index is 655. The molecule has 2 rings (SSSR count). The Morgan fingerprint density at radius 2 is 2.18 bits per heavy atom. The zero-order valence-electron chi connectivity index (χ0n) is 8.90. The number of hydrogen-bond acceptors (Lipinski definition) is 3. The average Bonchev–Trinajstić information content (AvgIpc) is 2.31. The molecule has 1 aromatic carbocycles. The van der Waals surface area contributed by atoms with Gasteiger partial charge >= 0.3 is 5.63 Å². The predicted octanol–water partition coefficient (Wildman–Crippen LogP) is 2.99. The number of hydrogen-bond donors (Lipinski definition) is 0. The van der Waals surface area contributed by atoms with E-state index in [9.17, 15) is 9.59 Å². The second-order valence-electron chi connectivity index (χ2n) is 3.52. The summed E-state index contributed by atoms with van der Waals surface area (Å²) in [5.74, 6) is 0. The number of aldehydes is 1. The molecular weight excluding hydrogens is 240 g/mol. The summed E-state index contributed by atoms with van der Waals surface area (Å²) in [6, 6.07) is 5.33. The van der Waals surface area contributed by atoms with Crippen LogP contribution >= 0.6 is 11.6 Å². The van der Waals surface area contributed by atoms with Gasteiger partial charge in [-0.25, -0.2) is 4.79 Å². The van der Waals surface area contributed by atoms with Crippen LogP contribution in [0.3, 0.4) is 0 Å². The molecule has 0 bridgehead atoms. The van der Waals surface area contributed by atoms with Crippen LogP contribution in [0.5, 0.6) is 0 Å². The van der Waals surface area contributed by atoms with Crippen LogP contribution in [-0.2, 0) is 6.42 Å². The van der Waals surface area contributed by atoms with Crippen molar-refractivity contribution in [3.05, 3.63) is 57.4 Å². The van der Waals surface area contributed by atoms with Gasteiger partial charge in [-0.05, 0) is 18.1 Å². The highest BCUT2D eigenvalue weighted by Gasteiger charge is 2.13. The van der Waals surface area contributed by atoms with Gasteiger partial charge in [0.1, 0.15) is 11.1 Å². The fraction of sp³-hybridized carbons (Fsp3) is 0.0769. The number of rotatable bonds is 3. The molecule has 0 aliphatic heterocycles. The zero-order chi connectivity index (χ0) is 12.4. The van der Waals surface area contributed by atoms with Crippen LogP contribution in [0, 0.1) is 0 Å². The molecule has 1 aromatic heterocycles. The maximum atomic E-state index is 11.5. The Morgan fingerprint density at radius 1 is 1.41 bits per heavy atom. The number of fused-ring (bicyclic) bond motifs is 1. The van der Waals surface area contributed by atoms with Crippen molar-refractivity contribution in [3.63, 3.8) is 0 Å². The monoisotopic (exact) mass is 248 g/mol. The lowest BCUT2D eigenvalue weighted by Gasteiger charge is -2.05. The zero-order valence-corrected chi connectivity index (χ0v) is 9.66. The number of halogens is 1. The summed E-state index contributed by atoms with van der Waals surface area (Å²) in [5.41, 5.74) is 0.367. The van der Waals surface area contributed by atoms with Crippen LogP contribution in [0.2, 0.25) is 5.02 Å². The highest BCUT2D eigenvalue weighted by atomic mass is 35.5. The van der Waals surface area contributed by atoms with Crippen molar-refractivity contribution >= 4 is 28.9 Å². The summed E-state index contributed by atoms with van der Waals surface area (Å²) in [6.45, 7) is 3.63. The van der Waals surface area contributed by atoms with Gasteiger partial charge in [-0.15, -0.1) is 6.58 Å². The number of benzene rings is 1. The van der Waals surface area contributed by atoms with Crippen molar-refractivity contribution < 1.29 is 9.21 Å². The van der Waals surface area contributed by atoms with Gasteiger partial charge in [0, 0.05) is 5.39 Å². The minimum atomic E-state index is -0.714. The van der Waals surface area contributed by atoms with E-state index in [1.807, 2.05) is 6.07 Å². The third-order valence-electron chi connectivity index (χ3n) is 2.47. The summed E-state index contributed by atoms with van der Waals surface area (Å²) in [4.78, 5) is 22.3. The molecule has 0 N–H and O–H groups in total. The van der Waals surface area contributed by atoms with E-state index in [0.29, 0.717) is 23.7 Å². The molecule has 17 heavy (non-hydrogen) atoms. The van der Waals surface area contributed by atoms with Crippen LogP contribution in [0.15, 0.2) is 40.1 Å². The first-order valence-corrected chi connectivity index (χ1v) is 5.37. The van der Waals surface area contributed by atoms with Gasteiger partial charge in [0.05, 0.1) is 5.02 Å². The smallest absolute Gasteiger partial charge is 0.348 e. The van der Waals surface area contributed by atoms with Crippen LogP contribution in [0.4, 0.5) is 0 Å². The summed E-state index contributed by atoms with van der Waals surface area (Å²) < 4.78 is 5.13. The van der Waals surface area contributed by atoms with E-state index in [1.165, 1.54) is 0 Å². The van der Waals surface area contributed by atoms with Gasteiger partial charge in [0.15, 0.2) is 6.29 Å². The van der Waals surface area contributed by atoms with E-state index in [-0.39, 0.29) is 10.6 Å². The maximum absolute atomic E-state index is 11.5. The highest BCUT2D eigenvalue weighted by Crippen LogP contribution is 2.26. The van der Waals surface area contributed by atoms with Crippen molar-refractivity contribution in [2.45, 2.75) is 6.42 Å². The van der Waals surface area contributed by atoms with Crippen molar-refractivity contribution in [1.29, 1.82) is 0 Å². The summed E-state index contributed by atoms with van der Waals surface area (Å²) >= 11 is 6.00. The summed E-state index contributed by atoms with van der Waals surface area (Å²) in [5, 5.41) is 0.699. The average molecular weight is 249 g/mol. The molecule has 0 amide bonds. The lowest BCUT2D eigenvalue weighted by molar-refractivity contribution is 0.112. The molecule has 0 unspecified atom stereocenters. The number of allylic oxidation sites excluding steroid dienone is 1. The molecule has 0 atom stereocenters. The number of carbonyl (C=O) groups excluding carboxylic acids is 1.